The molecule has 18 heavy (non-hydrogen) atoms. The Morgan fingerprint density at radius 1 is 1.00 bits per heavy atom. The largest absolute Gasteiger partial charge is 0.284 e. The van der Waals surface area contributed by atoms with Crippen LogP contribution in [0.3, 0.4) is 0 Å². The van der Waals surface area contributed by atoms with E-state index in [1.54, 1.807) is 36.4 Å². The minimum absolute atomic E-state index is 0.300. The third-order valence-electron chi connectivity index (χ3n) is 2.35. The Morgan fingerprint density at radius 3 is 2.22 bits per heavy atom. The molecule has 0 aliphatic heterocycles. The van der Waals surface area contributed by atoms with E-state index in [0.717, 1.165) is 17.4 Å². The van der Waals surface area contributed by atoms with Gasteiger partial charge in [0.2, 0.25) is 10.0 Å². The Morgan fingerprint density at radius 2 is 1.67 bits per heavy atom. The highest BCUT2D eigenvalue weighted by atomic mass is 32.2. The summed E-state index contributed by atoms with van der Waals surface area (Å²) in [7, 11) is -3.27. The van der Waals surface area contributed by atoms with Gasteiger partial charge in [-0.2, -0.15) is 0 Å². The zero-order chi connectivity index (χ0) is 13.2. The van der Waals surface area contributed by atoms with Gasteiger partial charge in [-0.05, 0) is 35.4 Å². The molecule has 0 spiro atoms. The van der Waals surface area contributed by atoms with Crippen molar-refractivity contribution < 1.29 is 12.8 Å². The lowest BCUT2D eigenvalue weighted by atomic mass is 10.1. The lowest BCUT2D eigenvalue weighted by Gasteiger charge is -2.06. The summed E-state index contributed by atoms with van der Waals surface area (Å²) in [5, 5.41) is 0. The molecule has 0 saturated carbocycles. The molecule has 94 valence electrons. The SMILES string of the molecule is CS(=O)(=O)Nc1ccc(-c2cccc(F)c2)cc1. The van der Waals surface area contributed by atoms with E-state index in [1.807, 2.05) is 0 Å². The highest BCUT2D eigenvalue weighted by molar-refractivity contribution is 7.92. The molecular weight excluding hydrogens is 253 g/mol. The number of rotatable bonds is 3. The second kappa shape index (κ2) is 4.78. The summed E-state index contributed by atoms with van der Waals surface area (Å²) in [6, 6.07) is 13.0. The third kappa shape index (κ3) is 3.30. The lowest BCUT2D eigenvalue weighted by Crippen LogP contribution is -2.09. The molecule has 2 rings (SSSR count). The van der Waals surface area contributed by atoms with E-state index in [4.69, 9.17) is 0 Å². The van der Waals surface area contributed by atoms with Gasteiger partial charge >= 0.3 is 0 Å². The van der Waals surface area contributed by atoms with Gasteiger partial charge in [-0.3, -0.25) is 4.72 Å². The Bertz CT molecular complexity index is 651. The third-order valence-corrected chi connectivity index (χ3v) is 2.95. The molecule has 2 aromatic rings. The summed E-state index contributed by atoms with van der Waals surface area (Å²) in [5.74, 6) is -0.300. The first-order valence-corrected chi connectivity index (χ1v) is 7.17. The van der Waals surface area contributed by atoms with Gasteiger partial charge in [-0.15, -0.1) is 0 Å². The fourth-order valence-corrected chi connectivity index (χ4v) is 2.18. The van der Waals surface area contributed by atoms with Gasteiger partial charge in [0.25, 0.3) is 0 Å². The Kier molecular flexibility index (Phi) is 3.34. The fourth-order valence-electron chi connectivity index (χ4n) is 1.61. The van der Waals surface area contributed by atoms with Gasteiger partial charge in [-0.1, -0.05) is 24.3 Å². The zero-order valence-corrected chi connectivity index (χ0v) is 10.5. The van der Waals surface area contributed by atoms with Crippen molar-refractivity contribution in [3.63, 3.8) is 0 Å². The standard InChI is InChI=1S/C13H12FNO2S/c1-18(16,17)15-13-7-5-10(6-8-13)11-3-2-4-12(14)9-11/h2-9,15H,1H3. The van der Waals surface area contributed by atoms with E-state index < -0.39 is 10.0 Å². The van der Waals surface area contributed by atoms with Gasteiger partial charge in [0.05, 0.1) is 6.26 Å². The maximum absolute atomic E-state index is 13.1. The summed E-state index contributed by atoms with van der Waals surface area (Å²) >= 11 is 0. The van der Waals surface area contributed by atoms with Crippen molar-refractivity contribution in [2.45, 2.75) is 0 Å². The van der Waals surface area contributed by atoms with Gasteiger partial charge in [0, 0.05) is 5.69 Å². The minimum Gasteiger partial charge on any atom is -0.284 e. The van der Waals surface area contributed by atoms with Crippen LogP contribution in [0.25, 0.3) is 11.1 Å². The molecule has 0 aliphatic carbocycles. The van der Waals surface area contributed by atoms with Crippen molar-refractivity contribution in [1.82, 2.24) is 0 Å². The smallest absolute Gasteiger partial charge is 0.229 e. The number of anilines is 1. The van der Waals surface area contributed by atoms with Gasteiger partial charge in [-0.25, -0.2) is 12.8 Å². The van der Waals surface area contributed by atoms with Crippen molar-refractivity contribution in [2.24, 2.45) is 0 Å². The lowest BCUT2D eigenvalue weighted by molar-refractivity contribution is 0.607. The maximum atomic E-state index is 13.1. The molecule has 0 fully saturated rings. The van der Waals surface area contributed by atoms with Gasteiger partial charge in [0.1, 0.15) is 5.82 Å². The molecule has 2 aromatic carbocycles. The van der Waals surface area contributed by atoms with Crippen molar-refractivity contribution in [2.75, 3.05) is 11.0 Å². The minimum atomic E-state index is -3.27. The summed E-state index contributed by atoms with van der Waals surface area (Å²) in [6.07, 6.45) is 1.09. The van der Waals surface area contributed by atoms with Crippen LogP contribution in [-0.2, 0) is 10.0 Å². The summed E-state index contributed by atoms with van der Waals surface area (Å²) < 4.78 is 37.5. The van der Waals surface area contributed by atoms with E-state index in [-0.39, 0.29) is 5.82 Å². The molecule has 0 atom stereocenters. The highest BCUT2D eigenvalue weighted by Crippen LogP contribution is 2.22. The molecule has 0 aromatic heterocycles. The average Bonchev–Trinajstić information content (AvgIpc) is 2.28. The van der Waals surface area contributed by atoms with E-state index in [9.17, 15) is 12.8 Å². The van der Waals surface area contributed by atoms with E-state index in [0.29, 0.717) is 5.69 Å². The Hall–Kier alpha value is -1.88. The number of nitrogens with one attached hydrogen (secondary N) is 1. The summed E-state index contributed by atoms with van der Waals surface area (Å²) in [4.78, 5) is 0. The van der Waals surface area contributed by atoms with Crippen molar-refractivity contribution in [3.05, 3.63) is 54.3 Å². The van der Waals surface area contributed by atoms with Crippen molar-refractivity contribution >= 4 is 15.7 Å². The van der Waals surface area contributed by atoms with Crippen LogP contribution < -0.4 is 4.72 Å². The second-order valence-corrected chi connectivity index (χ2v) is 5.71. The molecule has 3 nitrogen and oxygen atoms in total. The zero-order valence-electron chi connectivity index (χ0n) is 9.72. The van der Waals surface area contributed by atoms with Crippen LogP contribution >= 0.6 is 0 Å². The molecule has 1 N–H and O–H groups in total. The number of halogens is 1. The number of hydrogen-bond donors (Lipinski definition) is 1. The second-order valence-electron chi connectivity index (χ2n) is 3.96. The quantitative estimate of drug-likeness (QED) is 0.927. The predicted octanol–water partition coefficient (Wildman–Crippen LogP) is 2.86. The van der Waals surface area contributed by atoms with Crippen molar-refractivity contribution in [3.8, 4) is 11.1 Å². The van der Waals surface area contributed by atoms with Crippen LogP contribution in [-0.4, -0.2) is 14.7 Å². The van der Waals surface area contributed by atoms with Crippen LogP contribution in [0.15, 0.2) is 48.5 Å². The van der Waals surface area contributed by atoms with Crippen LogP contribution in [0.2, 0.25) is 0 Å². The normalized spacial score (nSPS) is 11.2. The molecular formula is C13H12FNO2S. The topological polar surface area (TPSA) is 46.2 Å². The van der Waals surface area contributed by atoms with Crippen molar-refractivity contribution in [1.29, 1.82) is 0 Å². The molecule has 0 amide bonds. The molecule has 0 bridgehead atoms. The first kappa shape index (κ1) is 12.6. The molecule has 0 aliphatic rings. The number of benzene rings is 2. The van der Waals surface area contributed by atoms with Crippen LogP contribution in [0, 0.1) is 5.82 Å². The average molecular weight is 265 g/mol. The molecule has 0 heterocycles. The molecule has 0 unspecified atom stereocenters. The highest BCUT2D eigenvalue weighted by Gasteiger charge is 2.03. The number of hydrogen-bond acceptors (Lipinski definition) is 2. The van der Waals surface area contributed by atoms with Gasteiger partial charge < -0.3 is 0 Å². The Balaban J connectivity index is 2.28. The molecule has 5 heteroatoms. The van der Waals surface area contributed by atoms with Crippen LogP contribution in [0.5, 0.6) is 0 Å². The predicted molar refractivity (Wildman–Crippen MR) is 70.3 cm³/mol. The van der Waals surface area contributed by atoms with E-state index >= 15 is 0 Å². The van der Waals surface area contributed by atoms with Crippen LogP contribution in [0.1, 0.15) is 0 Å². The summed E-state index contributed by atoms with van der Waals surface area (Å²) in [5.41, 5.74) is 2.06. The maximum Gasteiger partial charge on any atom is 0.229 e. The molecule has 0 radical (unpaired) electrons. The molecule has 0 saturated heterocycles. The number of sulfonamides is 1. The first-order valence-electron chi connectivity index (χ1n) is 5.28. The summed E-state index contributed by atoms with van der Waals surface area (Å²) in [6.45, 7) is 0. The van der Waals surface area contributed by atoms with E-state index in [2.05, 4.69) is 4.72 Å². The van der Waals surface area contributed by atoms with Gasteiger partial charge in [0.15, 0.2) is 0 Å². The monoisotopic (exact) mass is 265 g/mol. The Labute approximate surface area is 105 Å². The first-order chi connectivity index (χ1) is 8.44. The van der Waals surface area contributed by atoms with E-state index in [1.165, 1.54) is 12.1 Å². The fraction of sp³-hybridized carbons (Fsp3) is 0.0769. The van der Waals surface area contributed by atoms with Crippen LogP contribution in [0.4, 0.5) is 10.1 Å².